The van der Waals surface area contributed by atoms with Gasteiger partial charge in [0.05, 0.1) is 19.8 Å². The van der Waals surface area contributed by atoms with Crippen molar-refractivity contribution < 1.29 is 33.7 Å². The first-order valence-electron chi connectivity index (χ1n) is 11.0. The number of hydrogen-bond acceptors (Lipinski definition) is 7. The quantitative estimate of drug-likeness (QED) is 0.338. The Labute approximate surface area is 197 Å². The summed E-state index contributed by atoms with van der Waals surface area (Å²) in [5.41, 5.74) is 8.72. The molecule has 34 heavy (non-hydrogen) atoms. The zero-order valence-electron chi connectivity index (χ0n) is 18.7. The van der Waals surface area contributed by atoms with Gasteiger partial charge in [0, 0.05) is 17.7 Å². The highest BCUT2D eigenvalue weighted by Gasteiger charge is 2.31. The largest absolute Gasteiger partial charge is 0.491 e. The normalized spacial score (nSPS) is 15.0. The van der Waals surface area contributed by atoms with Crippen molar-refractivity contribution in [2.24, 2.45) is 5.73 Å². The average Bonchev–Trinajstić information content (AvgIpc) is 3.39. The number of fused-ring (bicyclic) bond motifs is 2. The van der Waals surface area contributed by atoms with E-state index in [4.69, 9.17) is 15.0 Å². The molecule has 2 aromatic carbocycles. The first-order valence-corrected chi connectivity index (χ1v) is 11.0. The summed E-state index contributed by atoms with van der Waals surface area (Å²) in [6, 6.07) is 8.56. The van der Waals surface area contributed by atoms with Gasteiger partial charge in [-0.15, -0.1) is 0 Å². The van der Waals surface area contributed by atoms with Gasteiger partial charge in [0.2, 0.25) is 5.91 Å². The molecule has 2 aliphatic heterocycles. The highest BCUT2D eigenvalue weighted by molar-refractivity contribution is 6.62. The topological polar surface area (TPSA) is 151 Å². The molecule has 4 rings (SSSR count). The zero-order valence-corrected chi connectivity index (χ0v) is 18.7. The highest BCUT2D eigenvalue weighted by atomic mass is 16.5. The van der Waals surface area contributed by atoms with Gasteiger partial charge in [-0.05, 0) is 52.7 Å². The van der Waals surface area contributed by atoms with Crippen LogP contribution in [0.3, 0.4) is 0 Å². The number of nitrogens with two attached hydrogens (primary N) is 1. The molecule has 10 nitrogen and oxygen atoms in total. The van der Waals surface area contributed by atoms with E-state index >= 15 is 0 Å². The fourth-order valence-corrected chi connectivity index (χ4v) is 4.10. The predicted molar refractivity (Wildman–Crippen MR) is 124 cm³/mol. The molecule has 0 aliphatic carbocycles. The van der Waals surface area contributed by atoms with Crippen molar-refractivity contribution in [3.8, 4) is 0 Å². The second-order valence-electron chi connectivity index (χ2n) is 8.33. The molecule has 0 saturated heterocycles. The molecule has 2 heterocycles. The maximum absolute atomic E-state index is 13.2. The second-order valence-corrected chi connectivity index (χ2v) is 8.33. The Morgan fingerprint density at radius 1 is 1.03 bits per heavy atom. The highest BCUT2D eigenvalue weighted by Crippen LogP contribution is 2.15. The Kier molecular flexibility index (Phi) is 7.03. The van der Waals surface area contributed by atoms with Crippen LogP contribution < -0.4 is 22.0 Å². The third-order valence-corrected chi connectivity index (χ3v) is 5.96. The summed E-state index contributed by atoms with van der Waals surface area (Å²) in [6.07, 6.45) is 0.616. The maximum Gasteiger partial charge on any atom is 0.491 e. The van der Waals surface area contributed by atoms with E-state index in [1.54, 1.807) is 30.3 Å². The van der Waals surface area contributed by atoms with Gasteiger partial charge in [-0.1, -0.05) is 19.1 Å². The van der Waals surface area contributed by atoms with Crippen molar-refractivity contribution in [2.45, 2.75) is 32.6 Å². The van der Waals surface area contributed by atoms with E-state index in [1.807, 2.05) is 6.92 Å². The monoisotopic (exact) mass is 465 g/mol. The number of rotatable bonds is 8. The summed E-state index contributed by atoms with van der Waals surface area (Å²) in [5, 5.41) is 22.4. The number of nitrogens with one attached hydrogen (secondary N) is 1. The van der Waals surface area contributed by atoms with Crippen molar-refractivity contribution in [3.05, 3.63) is 58.7 Å². The van der Waals surface area contributed by atoms with Crippen molar-refractivity contribution in [1.82, 2.24) is 10.2 Å². The van der Waals surface area contributed by atoms with Crippen molar-refractivity contribution in [3.63, 3.8) is 0 Å². The minimum absolute atomic E-state index is 0.124. The fourth-order valence-electron chi connectivity index (χ4n) is 4.10. The van der Waals surface area contributed by atoms with Crippen LogP contribution in [0.15, 0.2) is 36.4 Å². The van der Waals surface area contributed by atoms with Gasteiger partial charge in [0.25, 0.3) is 11.8 Å². The summed E-state index contributed by atoms with van der Waals surface area (Å²) in [4.78, 5) is 39.6. The lowest BCUT2D eigenvalue weighted by atomic mass is 9.78. The van der Waals surface area contributed by atoms with E-state index in [-0.39, 0.29) is 31.2 Å². The van der Waals surface area contributed by atoms with Crippen LogP contribution in [-0.4, -0.2) is 66.0 Å². The molecular formula is C22H25B2N3O7. The molecule has 0 saturated carbocycles. The molecule has 0 radical (unpaired) electrons. The first-order chi connectivity index (χ1) is 16.3. The molecule has 0 bridgehead atoms. The molecule has 0 fully saturated rings. The number of benzene rings is 2. The third kappa shape index (κ3) is 4.85. The van der Waals surface area contributed by atoms with E-state index in [9.17, 15) is 24.4 Å². The minimum Gasteiger partial charge on any atom is -0.423 e. The number of nitrogens with zero attached hydrogens (tertiary/aromatic N) is 1. The van der Waals surface area contributed by atoms with Crippen LogP contribution in [0.2, 0.25) is 0 Å². The van der Waals surface area contributed by atoms with Crippen LogP contribution in [0, 0.1) is 0 Å². The van der Waals surface area contributed by atoms with Crippen LogP contribution in [-0.2, 0) is 27.3 Å². The van der Waals surface area contributed by atoms with Gasteiger partial charge < -0.3 is 35.3 Å². The second kappa shape index (κ2) is 9.98. The van der Waals surface area contributed by atoms with Gasteiger partial charge >= 0.3 is 14.2 Å². The van der Waals surface area contributed by atoms with E-state index in [0.29, 0.717) is 29.5 Å². The van der Waals surface area contributed by atoms with E-state index in [2.05, 4.69) is 5.32 Å². The number of carbonyl (C=O) groups is 3. The molecule has 0 spiro atoms. The first kappa shape index (κ1) is 24.0. The molecule has 0 aromatic heterocycles. The Bertz CT molecular complexity index is 1130. The standard InChI is InChI=1S/C22H25B2N3O7/c1-2-7-27(22(30)14-4-6-16-12-34-24(32)18(16)9-14)10-19(20(25)28)26-21(29)13-3-5-15-11-33-23(31)17(15)8-13/h3-6,8-9,19,31-32H,2,7,10-12H2,1H3,(H2,25,28)(H,26,29). The lowest BCUT2D eigenvalue weighted by molar-refractivity contribution is -0.120. The molecule has 2 aromatic rings. The van der Waals surface area contributed by atoms with Gasteiger partial charge in [-0.3, -0.25) is 14.4 Å². The van der Waals surface area contributed by atoms with Gasteiger partial charge in [-0.25, -0.2) is 0 Å². The Balaban J connectivity index is 1.50. The summed E-state index contributed by atoms with van der Waals surface area (Å²) in [7, 11) is -2.19. The number of primary amides is 1. The third-order valence-electron chi connectivity index (χ3n) is 5.96. The molecule has 1 atom stereocenters. The number of hydrogen-bond donors (Lipinski definition) is 4. The Morgan fingerprint density at radius 2 is 1.59 bits per heavy atom. The molecule has 12 heteroatoms. The Morgan fingerprint density at radius 3 is 2.15 bits per heavy atom. The SMILES string of the molecule is CCCN(CC(NC(=O)c1ccc2c(c1)B(O)OC2)C(N)=O)C(=O)c1ccc2c(c1)B(O)OC2. The van der Waals surface area contributed by atoms with Gasteiger partial charge in [-0.2, -0.15) is 0 Å². The Hall–Kier alpha value is -3.18. The lowest BCUT2D eigenvalue weighted by Gasteiger charge is -2.27. The number of amides is 3. The summed E-state index contributed by atoms with van der Waals surface area (Å²) in [6.45, 7) is 2.61. The summed E-state index contributed by atoms with van der Waals surface area (Å²) in [5.74, 6) is -1.71. The molecule has 176 valence electrons. The smallest absolute Gasteiger partial charge is 0.423 e. The molecular weight excluding hydrogens is 440 g/mol. The molecule has 1 unspecified atom stereocenters. The lowest BCUT2D eigenvalue weighted by Crippen LogP contribution is -2.52. The van der Waals surface area contributed by atoms with E-state index in [1.165, 1.54) is 11.0 Å². The molecule has 2 aliphatic rings. The zero-order chi connectivity index (χ0) is 24.4. The summed E-state index contributed by atoms with van der Waals surface area (Å²) < 4.78 is 10.3. The van der Waals surface area contributed by atoms with E-state index < -0.39 is 32.1 Å². The van der Waals surface area contributed by atoms with Gasteiger partial charge in [0.1, 0.15) is 6.04 Å². The van der Waals surface area contributed by atoms with Crippen LogP contribution in [0.4, 0.5) is 0 Å². The average molecular weight is 465 g/mol. The summed E-state index contributed by atoms with van der Waals surface area (Å²) >= 11 is 0. The van der Waals surface area contributed by atoms with Gasteiger partial charge in [0.15, 0.2) is 0 Å². The fraction of sp³-hybridized carbons (Fsp3) is 0.318. The minimum atomic E-state index is -1.14. The van der Waals surface area contributed by atoms with Crippen molar-refractivity contribution >= 4 is 42.9 Å². The molecule has 3 amide bonds. The van der Waals surface area contributed by atoms with Crippen molar-refractivity contribution in [2.75, 3.05) is 13.1 Å². The van der Waals surface area contributed by atoms with Crippen LogP contribution in [0.25, 0.3) is 0 Å². The number of carbonyl (C=O) groups excluding carboxylic acids is 3. The van der Waals surface area contributed by atoms with Crippen LogP contribution in [0.5, 0.6) is 0 Å². The van der Waals surface area contributed by atoms with Crippen molar-refractivity contribution in [1.29, 1.82) is 0 Å². The van der Waals surface area contributed by atoms with Crippen LogP contribution in [0.1, 0.15) is 45.2 Å². The van der Waals surface area contributed by atoms with Crippen LogP contribution >= 0.6 is 0 Å². The van der Waals surface area contributed by atoms with E-state index in [0.717, 1.165) is 11.1 Å². The predicted octanol–water partition coefficient (Wildman–Crippen LogP) is -1.74. The molecule has 5 N–H and O–H groups in total. The maximum atomic E-state index is 13.2.